The zero-order valence-electron chi connectivity index (χ0n) is 14.5. The largest absolute Gasteiger partial charge is 0.348 e. The van der Waals surface area contributed by atoms with Gasteiger partial charge in [-0.25, -0.2) is 13.4 Å². The highest BCUT2D eigenvalue weighted by atomic mass is 32.2. The summed E-state index contributed by atoms with van der Waals surface area (Å²) in [5.74, 6) is 0. The van der Waals surface area contributed by atoms with Crippen molar-refractivity contribution in [2.24, 2.45) is 0 Å². The van der Waals surface area contributed by atoms with E-state index in [1.165, 1.54) is 38.4 Å². The lowest BCUT2D eigenvalue weighted by atomic mass is 9.79. The first-order valence-corrected chi connectivity index (χ1v) is 11.1. The second-order valence-corrected chi connectivity index (χ2v) is 9.58. The van der Waals surface area contributed by atoms with E-state index in [2.05, 4.69) is 14.9 Å². The molecule has 4 rings (SSSR count). The molecular weight excluding hydrogens is 324 g/mol. The van der Waals surface area contributed by atoms with Crippen LogP contribution in [0.4, 0.5) is 0 Å². The molecule has 24 heavy (non-hydrogen) atoms. The molecule has 0 bridgehead atoms. The smallest absolute Gasteiger partial charge is 0.212 e. The summed E-state index contributed by atoms with van der Waals surface area (Å²) in [6.45, 7) is 2.52. The minimum absolute atomic E-state index is 0.438. The van der Waals surface area contributed by atoms with Gasteiger partial charge in [-0.15, -0.1) is 0 Å². The van der Waals surface area contributed by atoms with Crippen LogP contribution >= 0.6 is 0 Å². The number of nitrogens with zero attached hydrogens (tertiary/aromatic N) is 3. The van der Waals surface area contributed by atoms with Crippen molar-refractivity contribution < 1.29 is 8.42 Å². The molecule has 2 fully saturated rings. The van der Waals surface area contributed by atoms with Crippen molar-refractivity contribution in [1.29, 1.82) is 0 Å². The monoisotopic (exact) mass is 352 g/mol. The average molecular weight is 353 g/mol. The predicted molar refractivity (Wildman–Crippen MR) is 93.2 cm³/mol. The molecule has 0 radical (unpaired) electrons. The Morgan fingerprint density at radius 3 is 2.54 bits per heavy atom. The van der Waals surface area contributed by atoms with Crippen LogP contribution in [-0.4, -0.2) is 59.5 Å². The number of rotatable bonds is 2. The summed E-state index contributed by atoms with van der Waals surface area (Å²) in [5.41, 5.74) is 1.66. The number of nitrogens with one attached hydrogen (secondary N) is 1. The molecule has 1 aromatic rings. The van der Waals surface area contributed by atoms with E-state index in [4.69, 9.17) is 0 Å². The molecule has 1 spiro atoms. The van der Waals surface area contributed by atoms with Gasteiger partial charge in [0.1, 0.15) is 0 Å². The van der Waals surface area contributed by atoms with Gasteiger partial charge in [-0.3, -0.25) is 0 Å². The second kappa shape index (κ2) is 6.11. The predicted octanol–water partition coefficient (Wildman–Crippen LogP) is 1.85. The number of H-pyrrole nitrogens is 1. The third-order valence-electron chi connectivity index (χ3n) is 6.32. The first-order valence-electron chi connectivity index (χ1n) is 9.25. The molecule has 0 atom stereocenters. The number of hydrogen-bond donors (Lipinski definition) is 1. The molecule has 2 aliphatic heterocycles. The number of fused-ring (bicyclic) bond motifs is 2. The molecule has 134 valence electrons. The topological polar surface area (TPSA) is 69.3 Å². The molecule has 3 heterocycles. The SMILES string of the molecule is CS(=O)(=O)N1CCc2[nH]cnc2C12CCN(C1CCCCC1)CC2. The Balaban J connectivity index is 1.61. The normalized spacial score (nSPS) is 26.5. The lowest BCUT2D eigenvalue weighted by Crippen LogP contribution is -2.59. The van der Waals surface area contributed by atoms with Gasteiger partial charge in [0.15, 0.2) is 0 Å². The summed E-state index contributed by atoms with van der Waals surface area (Å²) in [6.07, 6.45) is 12.2. The number of imidazole rings is 1. The summed E-state index contributed by atoms with van der Waals surface area (Å²) >= 11 is 0. The molecule has 1 aromatic heterocycles. The van der Waals surface area contributed by atoms with Gasteiger partial charge >= 0.3 is 0 Å². The van der Waals surface area contributed by atoms with Crippen molar-refractivity contribution in [3.8, 4) is 0 Å². The van der Waals surface area contributed by atoms with Crippen molar-refractivity contribution in [2.75, 3.05) is 25.9 Å². The molecule has 1 N–H and O–H groups in total. The van der Waals surface area contributed by atoms with Gasteiger partial charge in [-0.05, 0) is 25.7 Å². The summed E-state index contributed by atoms with van der Waals surface area (Å²) in [7, 11) is -3.24. The summed E-state index contributed by atoms with van der Waals surface area (Å²) < 4.78 is 26.6. The Labute approximate surface area is 144 Å². The van der Waals surface area contributed by atoms with Crippen molar-refractivity contribution in [3.63, 3.8) is 0 Å². The van der Waals surface area contributed by atoms with Crippen LogP contribution in [0.3, 0.4) is 0 Å². The van der Waals surface area contributed by atoms with Crippen LogP contribution in [0.25, 0.3) is 0 Å². The van der Waals surface area contributed by atoms with Crippen molar-refractivity contribution >= 4 is 10.0 Å². The van der Waals surface area contributed by atoms with E-state index >= 15 is 0 Å². The van der Waals surface area contributed by atoms with E-state index in [9.17, 15) is 8.42 Å². The molecule has 1 saturated carbocycles. The fraction of sp³-hybridized carbons (Fsp3) is 0.824. The van der Waals surface area contributed by atoms with E-state index in [0.717, 1.165) is 43.7 Å². The van der Waals surface area contributed by atoms with Gasteiger partial charge in [0.05, 0.1) is 23.8 Å². The lowest BCUT2D eigenvalue weighted by Gasteiger charge is -2.50. The van der Waals surface area contributed by atoms with Gasteiger partial charge in [0.25, 0.3) is 0 Å². The minimum Gasteiger partial charge on any atom is -0.348 e. The molecular formula is C17H28N4O2S. The zero-order chi connectivity index (χ0) is 16.8. The molecule has 6 nitrogen and oxygen atoms in total. The number of aromatic nitrogens is 2. The van der Waals surface area contributed by atoms with E-state index < -0.39 is 15.6 Å². The standard InChI is InChI=1S/C17H28N4O2S/c1-24(22,23)21-10-7-15-16(19-13-18-15)17(21)8-11-20(12-9-17)14-5-3-2-4-6-14/h13-14H,2-12H2,1H3,(H,18,19). The molecule has 1 saturated heterocycles. The maximum atomic E-state index is 12.4. The first-order chi connectivity index (χ1) is 11.5. The highest BCUT2D eigenvalue weighted by Gasteiger charge is 2.50. The maximum Gasteiger partial charge on any atom is 0.212 e. The van der Waals surface area contributed by atoms with E-state index in [1.54, 1.807) is 10.6 Å². The van der Waals surface area contributed by atoms with Gasteiger partial charge in [-0.2, -0.15) is 4.31 Å². The van der Waals surface area contributed by atoms with E-state index in [1.807, 2.05) is 0 Å². The van der Waals surface area contributed by atoms with Crippen LogP contribution in [0, 0.1) is 0 Å². The molecule has 3 aliphatic rings. The number of piperidine rings is 1. The van der Waals surface area contributed by atoms with Crippen LogP contribution in [0.15, 0.2) is 6.33 Å². The van der Waals surface area contributed by atoms with Gasteiger partial charge in [0.2, 0.25) is 10.0 Å². The Kier molecular flexibility index (Phi) is 4.21. The minimum atomic E-state index is -3.24. The summed E-state index contributed by atoms with van der Waals surface area (Å²) in [4.78, 5) is 10.4. The molecule has 0 aromatic carbocycles. The molecule has 0 unspecified atom stereocenters. The number of likely N-dealkylation sites (tertiary alicyclic amines) is 1. The van der Waals surface area contributed by atoms with Crippen molar-refractivity contribution in [3.05, 3.63) is 17.7 Å². The number of aromatic amines is 1. The summed E-state index contributed by atoms with van der Waals surface area (Å²) in [5, 5.41) is 0. The quantitative estimate of drug-likeness (QED) is 0.882. The number of hydrogen-bond acceptors (Lipinski definition) is 4. The Morgan fingerprint density at radius 1 is 1.17 bits per heavy atom. The fourth-order valence-corrected chi connectivity index (χ4v) is 6.46. The number of sulfonamides is 1. The highest BCUT2D eigenvalue weighted by molar-refractivity contribution is 7.88. The van der Waals surface area contributed by atoms with E-state index in [0.29, 0.717) is 12.6 Å². The molecule has 7 heteroatoms. The van der Waals surface area contributed by atoms with Gasteiger partial charge in [0, 0.05) is 37.8 Å². The Bertz CT molecular complexity index is 685. The van der Waals surface area contributed by atoms with Crippen LogP contribution in [0.1, 0.15) is 56.3 Å². The average Bonchev–Trinajstić information content (AvgIpc) is 3.05. The highest BCUT2D eigenvalue weighted by Crippen LogP contribution is 2.44. The van der Waals surface area contributed by atoms with Gasteiger partial charge in [-0.1, -0.05) is 19.3 Å². The Hall–Kier alpha value is -0.920. The summed E-state index contributed by atoms with van der Waals surface area (Å²) in [6, 6.07) is 0.699. The third kappa shape index (κ3) is 2.70. The van der Waals surface area contributed by atoms with Crippen molar-refractivity contribution in [2.45, 2.75) is 62.9 Å². The zero-order valence-corrected chi connectivity index (χ0v) is 15.3. The first kappa shape index (κ1) is 16.5. The van der Waals surface area contributed by atoms with Crippen LogP contribution < -0.4 is 0 Å². The van der Waals surface area contributed by atoms with Crippen LogP contribution in [0.5, 0.6) is 0 Å². The maximum absolute atomic E-state index is 12.4. The molecule has 0 amide bonds. The second-order valence-electron chi connectivity index (χ2n) is 7.67. The fourth-order valence-electron chi connectivity index (χ4n) is 5.13. The van der Waals surface area contributed by atoms with Crippen LogP contribution in [0.2, 0.25) is 0 Å². The van der Waals surface area contributed by atoms with E-state index in [-0.39, 0.29) is 0 Å². The molecule has 1 aliphatic carbocycles. The lowest BCUT2D eigenvalue weighted by molar-refractivity contribution is 0.0342. The van der Waals surface area contributed by atoms with Crippen LogP contribution in [-0.2, 0) is 22.0 Å². The third-order valence-corrected chi connectivity index (χ3v) is 7.65. The van der Waals surface area contributed by atoms with Gasteiger partial charge < -0.3 is 9.88 Å². The Morgan fingerprint density at radius 2 is 1.88 bits per heavy atom. The van der Waals surface area contributed by atoms with Crippen molar-refractivity contribution in [1.82, 2.24) is 19.2 Å².